The molecule has 1 fully saturated rings. The predicted octanol–water partition coefficient (Wildman–Crippen LogP) is 0.951. The number of ether oxygens (including phenoxy) is 1. The van der Waals surface area contributed by atoms with E-state index in [1.807, 2.05) is 30.3 Å². The predicted molar refractivity (Wildman–Crippen MR) is 70.4 cm³/mol. The summed E-state index contributed by atoms with van der Waals surface area (Å²) in [7, 11) is 0. The van der Waals surface area contributed by atoms with E-state index in [-0.39, 0.29) is 12.1 Å². The van der Waals surface area contributed by atoms with Crippen LogP contribution in [0.5, 0.6) is 0 Å². The Balaban J connectivity index is 1.94. The first-order chi connectivity index (χ1) is 9.40. The maximum atomic E-state index is 5.71. The van der Waals surface area contributed by atoms with E-state index in [0.717, 1.165) is 30.8 Å². The zero-order valence-corrected chi connectivity index (χ0v) is 10.6. The van der Waals surface area contributed by atoms with E-state index in [4.69, 9.17) is 10.6 Å². The fourth-order valence-electron chi connectivity index (χ4n) is 2.47. The highest BCUT2D eigenvalue weighted by molar-refractivity contribution is 5.32. The molecule has 1 aromatic carbocycles. The van der Waals surface area contributed by atoms with Crippen molar-refractivity contribution < 1.29 is 4.74 Å². The van der Waals surface area contributed by atoms with Crippen LogP contribution in [0.4, 0.5) is 0 Å². The van der Waals surface area contributed by atoms with Gasteiger partial charge < -0.3 is 4.74 Å². The van der Waals surface area contributed by atoms with Gasteiger partial charge in [0, 0.05) is 6.61 Å². The van der Waals surface area contributed by atoms with Gasteiger partial charge in [0.2, 0.25) is 0 Å². The lowest BCUT2D eigenvalue weighted by molar-refractivity contribution is 0.0763. The molecule has 0 radical (unpaired) electrons. The SMILES string of the molecule is NNC(c1cnnn1-c1ccccc1)C1CCCO1. The number of benzene rings is 1. The highest BCUT2D eigenvalue weighted by Crippen LogP contribution is 2.26. The molecule has 100 valence electrons. The Labute approximate surface area is 111 Å². The van der Waals surface area contributed by atoms with Gasteiger partial charge in [-0.25, -0.2) is 10.1 Å². The van der Waals surface area contributed by atoms with Crippen molar-refractivity contribution in [2.45, 2.75) is 25.0 Å². The highest BCUT2D eigenvalue weighted by atomic mass is 16.5. The summed E-state index contributed by atoms with van der Waals surface area (Å²) in [5.41, 5.74) is 4.71. The molecule has 6 nitrogen and oxygen atoms in total. The average molecular weight is 259 g/mol. The first-order valence-corrected chi connectivity index (χ1v) is 6.44. The summed E-state index contributed by atoms with van der Waals surface area (Å²) in [6.45, 7) is 0.787. The number of hydrogen-bond donors (Lipinski definition) is 2. The number of nitrogens with one attached hydrogen (secondary N) is 1. The molecule has 2 aromatic rings. The molecule has 19 heavy (non-hydrogen) atoms. The van der Waals surface area contributed by atoms with Crippen molar-refractivity contribution in [1.82, 2.24) is 20.4 Å². The Morgan fingerprint density at radius 2 is 2.21 bits per heavy atom. The van der Waals surface area contributed by atoms with Crippen molar-refractivity contribution in [3.63, 3.8) is 0 Å². The molecule has 1 aliphatic rings. The standard InChI is InChI=1S/C13H17N5O/c14-16-13(12-7-4-8-19-12)11-9-15-17-18(11)10-5-2-1-3-6-10/h1-3,5-6,9,12-13,16H,4,7-8,14H2. The third-order valence-electron chi connectivity index (χ3n) is 3.41. The number of hydrogen-bond acceptors (Lipinski definition) is 5. The molecule has 3 N–H and O–H groups in total. The fraction of sp³-hybridized carbons (Fsp3) is 0.385. The van der Waals surface area contributed by atoms with Crippen molar-refractivity contribution in [2.75, 3.05) is 6.61 Å². The summed E-state index contributed by atoms with van der Waals surface area (Å²) in [4.78, 5) is 0. The van der Waals surface area contributed by atoms with E-state index in [2.05, 4.69) is 15.7 Å². The molecule has 1 aliphatic heterocycles. The van der Waals surface area contributed by atoms with Crippen LogP contribution in [-0.2, 0) is 4.74 Å². The van der Waals surface area contributed by atoms with Crippen LogP contribution in [-0.4, -0.2) is 27.7 Å². The summed E-state index contributed by atoms with van der Waals surface area (Å²) in [5, 5.41) is 8.14. The first kappa shape index (κ1) is 12.3. The Bertz CT molecular complexity index is 521. The number of aromatic nitrogens is 3. The number of nitrogens with zero attached hydrogens (tertiary/aromatic N) is 3. The van der Waals surface area contributed by atoms with Gasteiger partial charge in [0.05, 0.1) is 29.7 Å². The van der Waals surface area contributed by atoms with Gasteiger partial charge in [-0.3, -0.25) is 5.84 Å². The van der Waals surface area contributed by atoms with Gasteiger partial charge in [0.15, 0.2) is 0 Å². The molecule has 2 atom stereocenters. The Morgan fingerprint density at radius 1 is 1.37 bits per heavy atom. The van der Waals surface area contributed by atoms with Gasteiger partial charge in [0.25, 0.3) is 0 Å². The van der Waals surface area contributed by atoms with E-state index in [1.165, 1.54) is 0 Å². The molecule has 0 amide bonds. The molecule has 0 aliphatic carbocycles. The van der Waals surface area contributed by atoms with Crippen molar-refractivity contribution in [2.24, 2.45) is 5.84 Å². The Kier molecular flexibility index (Phi) is 3.54. The second-order valence-electron chi connectivity index (χ2n) is 4.60. The molecule has 6 heteroatoms. The van der Waals surface area contributed by atoms with Crippen molar-refractivity contribution >= 4 is 0 Å². The normalized spacial score (nSPS) is 20.6. The van der Waals surface area contributed by atoms with E-state index in [0.29, 0.717) is 0 Å². The van der Waals surface area contributed by atoms with Crippen LogP contribution in [0, 0.1) is 0 Å². The van der Waals surface area contributed by atoms with E-state index in [1.54, 1.807) is 10.9 Å². The summed E-state index contributed by atoms with van der Waals surface area (Å²) in [5.74, 6) is 5.69. The van der Waals surface area contributed by atoms with E-state index < -0.39 is 0 Å². The molecule has 2 unspecified atom stereocenters. The minimum atomic E-state index is -0.0993. The Hall–Kier alpha value is -1.76. The second kappa shape index (κ2) is 5.48. The molecular weight excluding hydrogens is 242 g/mol. The van der Waals surface area contributed by atoms with Crippen molar-refractivity contribution in [1.29, 1.82) is 0 Å². The van der Waals surface area contributed by atoms with Gasteiger partial charge in [-0.2, -0.15) is 0 Å². The third kappa shape index (κ3) is 2.37. The molecule has 3 rings (SSSR count). The Morgan fingerprint density at radius 3 is 2.89 bits per heavy atom. The molecule has 2 heterocycles. The zero-order chi connectivity index (χ0) is 13.1. The molecular formula is C13H17N5O. The quantitative estimate of drug-likeness (QED) is 0.631. The van der Waals surface area contributed by atoms with Gasteiger partial charge in [-0.1, -0.05) is 23.4 Å². The summed E-state index contributed by atoms with van der Waals surface area (Å²) < 4.78 is 7.51. The number of hydrazine groups is 1. The van der Waals surface area contributed by atoms with Crippen LogP contribution < -0.4 is 11.3 Å². The van der Waals surface area contributed by atoms with E-state index >= 15 is 0 Å². The number of nitrogens with two attached hydrogens (primary N) is 1. The summed E-state index contributed by atoms with van der Waals surface area (Å²) in [6, 6.07) is 9.79. The number of para-hydroxylation sites is 1. The van der Waals surface area contributed by atoms with Crippen LogP contribution in [0.3, 0.4) is 0 Å². The molecule has 1 saturated heterocycles. The fourth-order valence-corrected chi connectivity index (χ4v) is 2.47. The summed E-state index contributed by atoms with van der Waals surface area (Å²) >= 11 is 0. The van der Waals surface area contributed by atoms with Gasteiger partial charge in [-0.05, 0) is 25.0 Å². The van der Waals surface area contributed by atoms with Crippen LogP contribution >= 0.6 is 0 Å². The van der Waals surface area contributed by atoms with Crippen LogP contribution in [0.15, 0.2) is 36.5 Å². The lowest BCUT2D eigenvalue weighted by atomic mass is 10.1. The van der Waals surface area contributed by atoms with Crippen LogP contribution in [0.25, 0.3) is 5.69 Å². The minimum absolute atomic E-state index is 0.0750. The van der Waals surface area contributed by atoms with Gasteiger partial charge in [-0.15, -0.1) is 5.10 Å². The van der Waals surface area contributed by atoms with Gasteiger partial charge in [0.1, 0.15) is 0 Å². The van der Waals surface area contributed by atoms with E-state index in [9.17, 15) is 0 Å². The van der Waals surface area contributed by atoms with Crippen molar-refractivity contribution in [3.05, 3.63) is 42.2 Å². The first-order valence-electron chi connectivity index (χ1n) is 6.44. The maximum absolute atomic E-state index is 5.71. The highest BCUT2D eigenvalue weighted by Gasteiger charge is 2.29. The minimum Gasteiger partial charge on any atom is -0.376 e. The monoisotopic (exact) mass is 259 g/mol. The zero-order valence-electron chi connectivity index (χ0n) is 10.6. The third-order valence-corrected chi connectivity index (χ3v) is 3.41. The molecule has 1 aromatic heterocycles. The van der Waals surface area contributed by atoms with Crippen LogP contribution in [0.2, 0.25) is 0 Å². The van der Waals surface area contributed by atoms with Gasteiger partial charge >= 0.3 is 0 Å². The molecule has 0 saturated carbocycles. The second-order valence-corrected chi connectivity index (χ2v) is 4.60. The maximum Gasteiger partial charge on any atom is 0.0911 e. The molecule has 0 bridgehead atoms. The molecule has 0 spiro atoms. The van der Waals surface area contributed by atoms with Crippen molar-refractivity contribution in [3.8, 4) is 5.69 Å². The lowest BCUT2D eigenvalue weighted by Crippen LogP contribution is -2.37. The lowest BCUT2D eigenvalue weighted by Gasteiger charge is -2.22. The smallest absolute Gasteiger partial charge is 0.0911 e. The topological polar surface area (TPSA) is 78.0 Å². The largest absolute Gasteiger partial charge is 0.376 e. The van der Waals surface area contributed by atoms with Crippen LogP contribution in [0.1, 0.15) is 24.6 Å². The average Bonchev–Trinajstić information content (AvgIpc) is 3.12. The summed E-state index contributed by atoms with van der Waals surface area (Å²) in [6.07, 6.45) is 3.87. The number of rotatable bonds is 4.